The summed E-state index contributed by atoms with van der Waals surface area (Å²) < 4.78 is 14.7. The van der Waals surface area contributed by atoms with Crippen molar-refractivity contribution in [2.75, 3.05) is 10.3 Å². The van der Waals surface area contributed by atoms with E-state index < -0.39 is 11.8 Å². The van der Waals surface area contributed by atoms with Gasteiger partial charge in [-0.15, -0.1) is 0 Å². The molecule has 7 nitrogen and oxygen atoms in total. The Kier molecular flexibility index (Phi) is 7.29. The highest BCUT2D eigenvalue weighted by Crippen LogP contribution is 2.36. The summed E-state index contributed by atoms with van der Waals surface area (Å²) in [5.74, 6) is -2.06. The number of phenolic OH excluding ortho intramolecular Hbond substituents is 1. The normalized spacial score (nSPS) is 10.9. The molecule has 0 aliphatic carbocycles. The van der Waals surface area contributed by atoms with Gasteiger partial charge in [0, 0.05) is 18.1 Å². The second kappa shape index (κ2) is 10.7. The minimum atomic E-state index is -1.07. The van der Waals surface area contributed by atoms with E-state index in [4.69, 9.17) is 0 Å². The van der Waals surface area contributed by atoms with E-state index in [2.05, 4.69) is 10.5 Å². The maximum atomic E-state index is 14.7. The first kappa shape index (κ1) is 25.1. The average Bonchev–Trinajstić information content (AvgIpc) is 2.87. The highest BCUT2D eigenvalue weighted by molar-refractivity contribution is 6.04. The van der Waals surface area contributed by atoms with Crippen molar-refractivity contribution in [3.05, 3.63) is 107 Å². The lowest BCUT2D eigenvalue weighted by Crippen LogP contribution is -2.25. The van der Waals surface area contributed by atoms with Crippen molar-refractivity contribution < 1.29 is 24.2 Å². The quantitative estimate of drug-likeness (QED) is 0.157. The molecule has 4 aromatic carbocycles. The summed E-state index contributed by atoms with van der Waals surface area (Å²) in [6.07, 6.45) is 1.47. The largest absolute Gasteiger partial charge is 0.505 e. The zero-order chi connectivity index (χ0) is 26.5. The number of nitrogens with one attached hydrogen (secondary N) is 1. The Bertz CT molecular complexity index is 1520. The first-order chi connectivity index (χ1) is 17.8. The van der Waals surface area contributed by atoms with E-state index in [0.717, 1.165) is 5.56 Å². The molecular formula is C29H24FN3O4. The standard InChI is InChI=1S/C29H24FN3O4/c1-18-13-14-27(24(30)15-18)33(19(2)34)26-12-4-3-7-22(26)17-31-32-25-11-6-10-23(28(25)35)20-8-5-9-21(16-20)29(36)37/h3-17,32,35H,1-2H3,(H,36,37)/b31-17+. The highest BCUT2D eigenvalue weighted by atomic mass is 19.1. The highest BCUT2D eigenvalue weighted by Gasteiger charge is 2.20. The number of hydrazone groups is 1. The number of hydrogen-bond acceptors (Lipinski definition) is 5. The van der Waals surface area contributed by atoms with Crippen molar-refractivity contribution in [3.63, 3.8) is 0 Å². The van der Waals surface area contributed by atoms with E-state index in [1.807, 2.05) is 0 Å². The fraction of sp³-hybridized carbons (Fsp3) is 0.0690. The molecule has 0 saturated heterocycles. The van der Waals surface area contributed by atoms with Crippen LogP contribution in [0.5, 0.6) is 5.75 Å². The number of para-hydroxylation sites is 2. The number of aromatic hydroxyl groups is 1. The van der Waals surface area contributed by atoms with Crippen molar-refractivity contribution in [2.45, 2.75) is 13.8 Å². The van der Waals surface area contributed by atoms with Gasteiger partial charge in [0.05, 0.1) is 28.8 Å². The number of phenols is 1. The Hall–Kier alpha value is -4.98. The Labute approximate surface area is 213 Å². The molecule has 0 unspecified atom stereocenters. The SMILES string of the molecule is CC(=O)N(c1ccc(C)cc1F)c1ccccc1/C=N/Nc1cccc(-c2cccc(C(=O)O)c2)c1O. The summed E-state index contributed by atoms with van der Waals surface area (Å²) in [5.41, 5.74) is 5.98. The first-order valence-electron chi connectivity index (χ1n) is 11.4. The van der Waals surface area contributed by atoms with Crippen LogP contribution in [0.4, 0.5) is 21.5 Å². The van der Waals surface area contributed by atoms with Crippen LogP contribution in [0, 0.1) is 12.7 Å². The van der Waals surface area contributed by atoms with Crippen LogP contribution in [0.1, 0.15) is 28.4 Å². The Morgan fingerprint density at radius 2 is 1.70 bits per heavy atom. The number of nitrogens with zero attached hydrogens (tertiary/aromatic N) is 2. The van der Waals surface area contributed by atoms with Crippen LogP contribution in [0.2, 0.25) is 0 Å². The monoisotopic (exact) mass is 497 g/mol. The summed E-state index contributed by atoms with van der Waals surface area (Å²) in [4.78, 5) is 25.1. The molecule has 0 saturated carbocycles. The maximum Gasteiger partial charge on any atom is 0.335 e. The van der Waals surface area contributed by atoms with Crippen LogP contribution in [-0.4, -0.2) is 28.3 Å². The Morgan fingerprint density at radius 1 is 0.946 bits per heavy atom. The summed E-state index contributed by atoms with van der Waals surface area (Å²) in [6, 6.07) is 22.8. The van der Waals surface area contributed by atoms with Gasteiger partial charge in [-0.05, 0) is 54.4 Å². The molecule has 4 aromatic rings. The lowest BCUT2D eigenvalue weighted by atomic mass is 10.0. The van der Waals surface area contributed by atoms with Gasteiger partial charge in [-0.3, -0.25) is 15.1 Å². The van der Waals surface area contributed by atoms with Crippen LogP contribution in [0.25, 0.3) is 11.1 Å². The number of rotatable bonds is 7. The van der Waals surface area contributed by atoms with Gasteiger partial charge in [0.15, 0.2) is 0 Å². The molecule has 0 heterocycles. The van der Waals surface area contributed by atoms with Gasteiger partial charge < -0.3 is 10.2 Å². The third-order valence-electron chi connectivity index (χ3n) is 5.68. The molecule has 186 valence electrons. The minimum absolute atomic E-state index is 0.102. The van der Waals surface area contributed by atoms with Crippen molar-refractivity contribution in [2.24, 2.45) is 5.10 Å². The zero-order valence-corrected chi connectivity index (χ0v) is 20.1. The molecule has 0 radical (unpaired) electrons. The van der Waals surface area contributed by atoms with Crippen LogP contribution < -0.4 is 10.3 Å². The van der Waals surface area contributed by atoms with E-state index in [0.29, 0.717) is 28.1 Å². The van der Waals surface area contributed by atoms with Gasteiger partial charge in [0.2, 0.25) is 5.91 Å². The summed E-state index contributed by atoms with van der Waals surface area (Å²) in [6.45, 7) is 3.12. The van der Waals surface area contributed by atoms with Crippen LogP contribution in [0.3, 0.4) is 0 Å². The van der Waals surface area contributed by atoms with Gasteiger partial charge in [-0.2, -0.15) is 5.10 Å². The molecule has 0 aromatic heterocycles. The summed E-state index contributed by atoms with van der Waals surface area (Å²) in [5, 5.41) is 24.3. The third-order valence-corrected chi connectivity index (χ3v) is 5.68. The molecule has 0 atom stereocenters. The number of carbonyl (C=O) groups is 2. The molecule has 0 aliphatic heterocycles. The van der Waals surface area contributed by atoms with Gasteiger partial charge in [0.25, 0.3) is 0 Å². The predicted octanol–water partition coefficient (Wildman–Crippen LogP) is 6.34. The fourth-order valence-electron chi connectivity index (χ4n) is 3.92. The van der Waals surface area contributed by atoms with Crippen LogP contribution in [0.15, 0.2) is 90.0 Å². The number of benzene rings is 4. The third kappa shape index (κ3) is 5.48. The molecular weight excluding hydrogens is 473 g/mol. The van der Waals surface area contributed by atoms with Gasteiger partial charge in [-0.25, -0.2) is 9.18 Å². The molecule has 0 aliphatic rings. The van der Waals surface area contributed by atoms with E-state index in [1.165, 1.54) is 36.2 Å². The number of hydrogen-bond donors (Lipinski definition) is 3. The summed E-state index contributed by atoms with van der Waals surface area (Å²) >= 11 is 0. The van der Waals surface area contributed by atoms with Crippen LogP contribution >= 0.6 is 0 Å². The number of amides is 1. The average molecular weight is 498 g/mol. The van der Waals surface area contributed by atoms with Crippen molar-refractivity contribution >= 4 is 35.2 Å². The lowest BCUT2D eigenvalue weighted by molar-refractivity contribution is -0.115. The Morgan fingerprint density at radius 3 is 2.43 bits per heavy atom. The molecule has 3 N–H and O–H groups in total. The Balaban J connectivity index is 1.64. The van der Waals surface area contributed by atoms with Crippen molar-refractivity contribution in [1.82, 2.24) is 0 Å². The van der Waals surface area contributed by atoms with Crippen LogP contribution in [-0.2, 0) is 4.79 Å². The van der Waals surface area contributed by atoms with E-state index in [1.54, 1.807) is 73.7 Å². The van der Waals surface area contributed by atoms with Crippen molar-refractivity contribution in [1.29, 1.82) is 0 Å². The lowest BCUT2D eigenvalue weighted by Gasteiger charge is -2.23. The summed E-state index contributed by atoms with van der Waals surface area (Å²) in [7, 11) is 0. The molecule has 37 heavy (non-hydrogen) atoms. The molecule has 8 heteroatoms. The molecule has 0 bridgehead atoms. The maximum absolute atomic E-state index is 14.7. The van der Waals surface area contributed by atoms with E-state index >= 15 is 0 Å². The number of carboxylic acid groups (broad SMARTS) is 1. The number of aromatic carboxylic acids is 1. The number of anilines is 3. The topological polar surface area (TPSA) is 102 Å². The fourth-order valence-corrected chi connectivity index (χ4v) is 3.92. The second-order valence-corrected chi connectivity index (χ2v) is 8.33. The van der Waals surface area contributed by atoms with E-state index in [9.17, 15) is 24.2 Å². The zero-order valence-electron chi connectivity index (χ0n) is 20.1. The van der Waals surface area contributed by atoms with Crippen molar-refractivity contribution in [3.8, 4) is 16.9 Å². The van der Waals surface area contributed by atoms with Gasteiger partial charge in [0.1, 0.15) is 11.6 Å². The predicted molar refractivity (Wildman–Crippen MR) is 142 cm³/mol. The molecule has 4 rings (SSSR count). The molecule has 0 fully saturated rings. The van der Waals surface area contributed by atoms with Gasteiger partial charge >= 0.3 is 5.97 Å². The number of aryl methyl sites for hydroxylation is 1. The second-order valence-electron chi connectivity index (χ2n) is 8.33. The number of halogens is 1. The minimum Gasteiger partial charge on any atom is -0.505 e. The first-order valence-corrected chi connectivity index (χ1v) is 11.4. The smallest absolute Gasteiger partial charge is 0.335 e. The van der Waals surface area contributed by atoms with Gasteiger partial charge in [-0.1, -0.05) is 48.5 Å². The van der Waals surface area contributed by atoms with E-state index in [-0.39, 0.29) is 22.9 Å². The molecule has 0 spiro atoms. The number of carbonyl (C=O) groups excluding carboxylic acids is 1. The molecule has 1 amide bonds. The number of carboxylic acids is 1.